The number of carbonyl (C=O) groups excluding carboxylic acids is 1. The predicted molar refractivity (Wildman–Crippen MR) is 79.9 cm³/mol. The van der Waals surface area contributed by atoms with Gasteiger partial charge in [-0.2, -0.15) is 0 Å². The summed E-state index contributed by atoms with van der Waals surface area (Å²) in [5.74, 6) is -0.593. The fourth-order valence-corrected chi connectivity index (χ4v) is 2.35. The van der Waals surface area contributed by atoms with E-state index < -0.39 is 0 Å². The lowest BCUT2D eigenvalue weighted by molar-refractivity contribution is -0.115. The van der Waals surface area contributed by atoms with Crippen molar-refractivity contribution in [3.63, 3.8) is 0 Å². The molecule has 0 radical (unpaired) electrons. The molecule has 1 N–H and O–H groups in total. The molecule has 5 heteroatoms. The van der Waals surface area contributed by atoms with E-state index in [0.29, 0.717) is 26.9 Å². The quantitative estimate of drug-likeness (QED) is 0.880. The van der Waals surface area contributed by atoms with Gasteiger partial charge in [0.2, 0.25) is 5.91 Å². The maximum absolute atomic E-state index is 13.0. The van der Waals surface area contributed by atoms with Crippen LogP contribution in [0.5, 0.6) is 0 Å². The summed E-state index contributed by atoms with van der Waals surface area (Å²) < 4.78 is 13.0. The minimum absolute atomic E-state index is 0.0648. The van der Waals surface area contributed by atoms with Gasteiger partial charge >= 0.3 is 0 Å². The number of hydrogen-bond donors (Lipinski definition) is 1. The molecule has 104 valence electrons. The number of anilines is 1. The van der Waals surface area contributed by atoms with Gasteiger partial charge in [0.25, 0.3) is 0 Å². The molecular formula is C15H12Cl2FNO. The second kappa shape index (κ2) is 6.25. The van der Waals surface area contributed by atoms with E-state index in [1.54, 1.807) is 25.1 Å². The second-order valence-corrected chi connectivity index (χ2v) is 5.20. The highest BCUT2D eigenvalue weighted by Crippen LogP contribution is 2.25. The molecule has 1 amide bonds. The van der Waals surface area contributed by atoms with Crippen molar-refractivity contribution in [1.29, 1.82) is 0 Å². The minimum atomic E-state index is -0.338. The molecule has 0 aliphatic rings. The Labute approximate surface area is 126 Å². The number of aryl methyl sites for hydroxylation is 1. The summed E-state index contributed by atoms with van der Waals surface area (Å²) in [6.07, 6.45) is 0.0648. The van der Waals surface area contributed by atoms with Crippen molar-refractivity contribution in [2.24, 2.45) is 0 Å². The first kappa shape index (κ1) is 14.8. The summed E-state index contributed by atoms with van der Waals surface area (Å²) in [4.78, 5) is 12.0. The van der Waals surface area contributed by atoms with Crippen molar-refractivity contribution in [3.8, 4) is 0 Å². The molecule has 0 aliphatic carbocycles. The van der Waals surface area contributed by atoms with E-state index in [4.69, 9.17) is 23.2 Å². The number of hydrogen-bond acceptors (Lipinski definition) is 1. The van der Waals surface area contributed by atoms with Gasteiger partial charge in [-0.15, -0.1) is 0 Å². The Morgan fingerprint density at radius 3 is 2.45 bits per heavy atom. The molecule has 0 heterocycles. The number of nitrogens with one attached hydrogen (secondary N) is 1. The first-order valence-corrected chi connectivity index (χ1v) is 6.72. The third-order valence-electron chi connectivity index (χ3n) is 2.86. The predicted octanol–water partition coefficient (Wildman–Crippen LogP) is 4.62. The Morgan fingerprint density at radius 2 is 1.85 bits per heavy atom. The first-order valence-electron chi connectivity index (χ1n) is 5.96. The summed E-state index contributed by atoms with van der Waals surface area (Å²) in [6.45, 7) is 1.72. The number of halogens is 3. The van der Waals surface area contributed by atoms with Gasteiger partial charge in [-0.25, -0.2) is 4.39 Å². The molecule has 2 aromatic carbocycles. The third kappa shape index (κ3) is 3.50. The van der Waals surface area contributed by atoms with Crippen molar-refractivity contribution < 1.29 is 9.18 Å². The Morgan fingerprint density at radius 1 is 1.20 bits per heavy atom. The molecule has 0 saturated heterocycles. The average Bonchev–Trinajstić information content (AvgIpc) is 2.37. The van der Waals surface area contributed by atoms with E-state index in [9.17, 15) is 9.18 Å². The summed E-state index contributed by atoms with van der Waals surface area (Å²) in [5.41, 5.74) is 1.80. The van der Waals surface area contributed by atoms with Crippen LogP contribution in [0.15, 0.2) is 36.4 Å². The van der Waals surface area contributed by atoms with E-state index in [1.165, 1.54) is 18.2 Å². The fourth-order valence-electron chi connectivity index (χ4n) is 1.82. The maximum atomic E-state index is 13.0. The van der Waals surface area contributed by atoms with E-state index in [1.807, 2.05) is 0 Å². The summed E-state index contributed by atoms with van der Waals surface area (Å²) in [6, 6.07) is 9.26. The van der Waals surface area contributed by atoms with Crippen LogP contribution in [0.1, 0.15) is 11.1 Å². The van der Waals surface area contributed by atoms with Crippen LogP contribution in [0, 0.1) is 12.7 Å². The molecule has 0 unspecified atom stereocenters. The molecule has 0 saturated carbocycles. The van der Waals surface area contributed by atoms with Crippen molar-refractivity contribution in [1.82, 2.24) is 0 Å². The molecule has 0 spiro atoms. The van der Waals surface area contributed by atoms with Crippen molar-refractivity contribution in [3.05, 3.63) is 63.4 Å². The SMILES string of the molecule is Cc1cc(F)ccc1NC(=O)Cc1c(Cl)cccc1Cl. The van der Waals surface area contributed by atoms with Crippen LogP contribution in [0.25, 0.3) is 0 Å². The summed E-state index contributed by atoms with van der Waals surface area (Å²) in [5, 5.41) is 3.61. The van der Waals surface area contributed by atoms with Gasteiger partial charge in [0.1, 0.15) is 5.82 Å². The van der Waals surface area contributed by atoms with Gasteiger partial charge < -0.3 is 5.32 Å². The zero-order valence-electron chi connectivity index (χ0n) is 10.7. The van der Waals surface area contributed by atoms with Crippen LogP contribution < -0.4 is 5.32 Å². The fraction of sp³-hybridized carbons (Fsp3) is 0.133. The Balaban J connectivity index is 2.13. The molecule has 2 nitrogen and oxygen atoms in total. The lowest BCUT2D eigenvalue weighted by Gasteiger charge is -2.10. The minimum Gasteiger partial charge on any atom is -0.326 e. The standard InChI is InChI=1S/C15H12Cl2FNO/c1-9-7-10(18)5-6-14(9)19-15(20)8-11-12(16)3-2-4-13(11)17/h2-7H,8H2,1H3,(H,19,20). The van der Waals surface area contributed by atoms with Crippen LogP contribution in [-0.4, -0.2) is 5.91 Å². The van der Waals surface area contributed by atoms with Gasteiger partial charge in [0.15, 0.2) is 0 Å². The molecule has 0 atom stereocenters. The number of amides is 1. The van der Waals surface area contributed by atoms with Gasteiger partial charge in [0.05, 0.1) is 6.42 Å². The molecule has 0 bridgehead atoms. The van der Waals surface area contributed by atoms with E-state index in [-0.39, 0.29) is 18.1 Å². The average molecular weight is 312 g/mol. The van der Waals surface area contributed by atoms with Gasteiger partial charge in [0, 0.05) is 15.7 Å². The van der Waals surface area contributed by atoms with Crippen molar-refractivity contribution in [2.75, 3.05) is 5.32 Å². The van der Waals surface area contributed by atoms with Crippen LogP contribution in [-0.2, 0) is 11.2 Å². The molecule has 0 aromatic heterocycles. The lowest BCUT2D eigenvalue weighted by Crippen LogP contribution is -2.15. The number of carbonyl (C=O) groups is 1. The Bertz CT molecular complexity index is 638. The zero-order chi connectivity index (χ0) is 14.7. The summed E-state index contributed by atoms with van der Waals surface area (Å²) >= 11 is 12.0. The van der Waals surface area contributed by atoms with Gasteiger partial charge in [-0.05, 0) is 48.4 Å². The van der Waals surface area contributed by atoms with Gasteiger partial charge in [-0.3, -0.25) is 4.79 Å². The van der Waals surface area contributed by atoms with Crippen molar-refractivity contribution >= 4 is 34.8 Å². The largest absolute Gasteiger partial charge is 0.326 e. The van der Waals surface area contributed by atoms with Gasteiger partial charge in [-0.1, -0.05) is 29.3 Å². The molecule has 0 fully saturated rings. The first-order chi connectivity index (χ1) is 9.47. The number of benzene rings is 2. The lowest BCUT2D eigenvalue weighted by atomic mass is 10.1. The van der Waals surface area contributed by atoms with E-state index in [2.05, 4.69) is 5.32 Å². The van der Waals surface area contributed by atoms with Crippen LogP contribution >= 0.6 is 23.2 Å². The zero-order valence-corrected chi connectivity index (χ0v) is 12.2. The molecular weight excluding hydrogens is 300 g/mol. The number of rotatable bonds is 3. The highest BCUT2D eigenvalue weighted by Gasteiger charge is 2.12. The highest BCUT2D eigenvalue weighted by molar-refractivity contribution is 6.36. The smallest absolute Gasteiger partial charge is 0.228 e. The Kier molecular flexibility index (Phi) is 4.63. The van der Waals surface area contributed by atoms with Crippen LogP contribution in [0.3, 0.4) is 0 Å². The molecule has 0 aliphatic heterocycles. The molecule has 2 rings (SSSR count). The normalized spacial score (nSPS) is 10.4. The third-order valence-corrected chi connectivity index (χ3v) is 3.57. The van der Waals surface area contributed by atoms with Crippen molar-refractivity contribution in [2.45, 2.75) is 13.3 Å². The van der Waals surface area contributed by atoms with Crippen LogP contribution in [0.2, 0.25) is 10.0 Å². The monoisotopic (exact) mass is 311 g/mol. The topological polar surface area (TPSA) is 29.1 Å². The Hall–Kier alpha value is -1.58. The van der Waals surface area contributed by atoms with E-state index >= 15 is 0 Å². The highest BCUT2D eigenvalue weighted by atomic mass is 35.5. The summed E-state index contributed by atoms with van der Waals surface area (Å²) in [7, 11) is 0. The molecule has 2 aromatic rings. The van der Waals surface area contributed by atoms with Crippen LogP contribution in [0.4, 0.5) is 10.1 Å². The second-order valence-electron chi connectivity index (χ2n) is 4.38. The maximum Gasteiger partial charge on any atom is 0.228 e. The van der Waals surface area contributed by atoms with E-state index in [0.717, 1.165) is 0 Å². The molecule has 20 heavy (non-hydrogen) atoms.